The molecule has 1 fully saturated rings. The lowest BCUT2D eigenvalue weighted by atomic mass is 9.70. The van der Waals surface area contributed by atoms with Crippen LogP contribution in [0.4, 0.5) is 0 Å². The maximum atomic E-state index is 13.1. The normalized spacial score (nSPS) is 24.2. The zero-order valence-electron chi connectivity index (χ0n) is 14.5. The summed E-state index contributed by atoms with van der Waals surface area (Å²) in [6.07, 6.45) is 5.64. The van der Waals surface area contributed by atoms with Crippen LogP contribution in [0.2, 0.25) is 0 Å². The van der Waals surface area contributed by atoms with Crippen LogP contribution in [0.25, 0.3) is 0 Å². The highest BCUT2D eigenvalue weighted by Gasteiger charge is 2.48. The Bertz CT molecular complexity index is 758. The lowest BCUT2D eigenvalue weighted by Crippen LogP contribution is -2.55. The lowest BCUT2D eigenvalue weighted by Gasteiger charge is -2.53. The maximum Gasteiger partial charge on any atom is 0.223 e. The molecular formula is C22H25NO2. The van der Waals surface area contributed by atoms with Crippen LogP contribution < -0.4 is 0 Å². The summed E-state index contributed by atoms with van der Waals surface area (Å²) < 4.78 is 0. The quantitative estimate of drug-likeness (QED) is 0.922. The van der Waals surface area contributed by atoms with Crippen LogP contribution >= 0.6 is 0 Å². The first-order chi connectivity index (χ1) is 12.3. The Morgan fingerprint density at radius 3 is 2.40 bits per heavy atom. The third-order valence-corrected chi connectivity index (χ3v) is 5.93. The molecule has 1 N–H and O–H groups in total. The van der Waals surface area contributed by atoms with Crippen LogP contribution in [0, 0.1) is 0 Å². The Hall–Kier alpha value is -2.13. The number of carbonyl (C=O) groups is 1. The Morgan fingerprint density at radius 2 is 1.64 bits per heavy atom. The largest absolute Gasteiger partial charge is 0.394 e. The van der Waals surface area contributed by atoms with Crippen molar-refractivity contribution in [3.63, 3.8) is 0 Å². The van der Waals surface area contributed by atoms with E-state index >= 15 is 0 Å². The molecule has 3 heteroatoms. The zero-order chi connectivity index (χ0) is 17.3. The van der Waals surface area contributed by atoms with Crippen LogP contribution in [0.3, 0.4) is 0 Å². The number of rotatable bonds is 3. The molecule has 0 radical (unpaired) electrons. The molecule has 2 aromatic carbocycles. The molecule has 3 nitrogen and oxygen atoms in total. The SMILES string of the molecule is O=C1CCC[C@@]2(CCCc3ccccc32)N1[C@@H](CO)c1ccccc1. The Labute approximate surface area is 149 Å². The number of carbonyl (C=O) groups excluding carboxylic acids is 1. The van der Waals surface area contributed by atoms with E-state index in [-0.39, 0.29) is 24.1 Å². The zero-order valence-corrected chi connectivity index (χ0v) is 14.5. The number of amides is 1. The van der Waals surface area contributed by atoms with Gasteiger partial charge in [-0.3, -0.25) is 4.79 Å². The summed E-state index contributed by atoms with van der Waals surface area (Å²) in [6, 6.07) is 18.3. The third-order valence-electron chi connectivity index (χ3n) is 5.93. The summed E-state index contributed by atoms with van der Waals surface area (Å²) in [6.45, 7) is -0.0420. The first-order valence-corrected chi connectivity index (χ1v) is 9.32. The van der Waals surface area contributed by atoms with Crippen LogP contribution in [-0.4, -0.2) is 22.5 Å². The Kier molecular flexibility index (Phi) is 4.34. The van der Waals surface area contributed by atoms with E-state index in [1.54, 1.807) is 0 Å². The number of nitrogens with zero attached hydrogens (tertiary/aromatic N) is 1. The molecule has 1 aliphatic heterocycles. The lowest BCUT2D eigenvalue weighted by molar-refractivity contribution is -0.150. The molecule has 1 aliphatic carbocycles. The summed E-state index contributed by atoms with van der Waals surface area (Å²) in [5.41, 5.74) is 3.40. The van der Waals surface area contributed by atoms with Crippen LogP contribution in [0.5, 0.6) is 0 Å². The van der Waals surface area contributed by atoms with Crippen LogP contribution in [0.1, 0.15) is 54.8 Å². The third kappa shape index (κ3) is 2.67. The molecule has 1 amide bonds. The Morgan fingerprint density at radius 1 is 0.960 bits per heavy atom. The first kappa shape index (κ1) is 16.3. The van der Waals surface area contributed by atoms with E-state index in [1.807, 2.05) is 35.2 Å². The number of fused-ring (bicyclic) bond motifs is 2. The standard InChI is InChI=1S/C22H25NO2/c24-16-20(18-9-2-1-3-10-18)23-21(25)13-7-15-22(23)14-6-11-17-8-4-5-12-19(17)22/h1-5,8-10,12,20,24H,6-7,11,13-16H2/t20-,22+/m0/s1. The van der Waals surface area contributed by atoms with Gasteiger partial charge in [0.25, 0.3) is 0 Å². The van der Waals surface area contributed by atoms with E-state index in [0.29, 0.717) is 6.42 Å². The van der Waals surface area contributed by atoms with Gasteiger partial charge in [-0.05, 0) is 48.8 Å². The topological polar surface area (TPSA) is 40.5 Å². The van der Waals surface area contributed by atoms with Gasteiger partial charge in [-0.2, -0.15) is 0 Å². The second kappa shape index (κ2) is 6.64. The molecule has 1 heterocycles. The predicted octanol–water partition coefficient (Wildman–Crippen LogP) is 3.96. The fourth-order valence-corrected chi connectivity index (χ4v) is 4.90. The van der Waals surface area contributed by atoms with Crippen molar-refractivity contribution in [3.8, 4) is 0 Å². The van der Waals surface area contributed by atoms with E-state index in [4.69, 9.17) is 0 Å². The van der Waals surface area contributed by atoms with Crippen molar-refractivity contribution in [3.05, 3.63) is 71.3 Å². The number of piperidine rings is 1. The summed E-state index contributed by atoms with van der Waals surface area (Å²) >= 11 is 0. The highest BCUT2D eigenvalue weighted by atomic mass is 16.3. The molecule has 2 aromatic rings. The van der Waals surface area contributed by atoms with Gasteiger partial charge in [0.1, 0.15) is 0 Å². The van der Waals surface area contributed by atoms with E-state index in [1.165, 1.54) is 11.1 Å². The molecule has 2 aliphatic rings. The Balaban J connectivity index is 1.85. The van der Waals surface area contributed by atoms with Crippen LogP contribution in [0.15, 0.2) is 54.6 Å². The molecule has 1 spiro atoms. The van der Waals surface area contributed by atoms with Gasteiger partial charge < -0.3 is 10.0 Å². The molecule has 0 saturated carbocycles. The van der Waals surface area contributed by atoms with Crippen molar-refractivity contribution in [1.82, 2.24) is 4.90 Å². The first-order valence-electron chi connectivity index (χ1n) is 9.32. The van der Waals surface area contributed by atoms with E-state index in [9.17, 15) is 9.90 Å². The number of aliphatic hydroxyl groups is 1. The average Bonchev–Trinajstić information content (AvgIpc) is 2.66. The minimum atomic E-state index is -0.278. The minimum absolute atomic E-state index is 0.0420. The van der Waals surface area contributed by atoms with Gasteiger partial charge in [0, 0.05) is 6.42 Å². The summed E-state index contributed by atoms with van der Waals surface area (Å²) in [5.74, 6) is 0.172. The van der Waals surface area contributed by atoms with Gasteiger partial charge in [0.15, 0.2) is 0 Å². The molecule has 25 heavy (non-hydrogen) atoms. The molecule has 0 aromatic heterocycles. The smallest absolute Gasteiger partial charge is 0.223 e. The van der Waals surface area contributed by atoms with Gasteiger partial charge in [-0.15, -0.1) is 0 Å². The van der Waals surface area contributed by atoms with Gasteiger partial charge in [0.2, 0.25) is 5.91 Å². The highest BCUT2D eigenvalue weighted by Crippen LogP contribution is 2.49. The monoisotopic (exact) mass is 335 g/mol. The second-order valence-corrected chi connectivity index (χ2v) is 7.27. The van der Waals surface area contributed by atoms with Crippen LogP contribution in [-0.2, 0) is 16.8 Å². The highest BCUT2D eigenvalue weighted by molar-refractivity contribution is 5.79. The molecule has 4 rings (SSSR count). The van der Waals surface area contributed by atoms with Gasteiger partial charge in [-0.25, -0.2) is 0 Å². The number of aliphatic hydroxyl groups excluding tert-OH is 1. The molecule has 130 valence electrons. The molecule has 0 unspecified atom stereocenters. The summed E-state index contributed by atoms with van der Waals surface area (Å²) in [5, 5.41) is 10.2. The fraction of sp³-hybridized carbons (Fsp3) is 0.409. The van der Waals surface area contributed by atoms with Gasteiger partial charge >= 0.3 is 0 Å². The summed E-state index contributed by atoms with van der Waals surface area (Å²) in [4.78, 5) is 15.1. The van der Waals surface area contributed by atoms with Crippen molar-refractivity contribution >= 4 is 5.91 Å². The molecular weight excluding hydrogens is 310 g/mol. The second-order valence-electron chi connectivity index (χ2n) is 7.27. The number of aryl methyl sites for hydroxylation is 1. The molecule has 2 atom stereocenters. The average molecular weight is 335 g/mol. The van der Waals surface area contributed by atoms with Gasteiger partial charge in [-0.1, -0.05) is 54.6 Å². The number of likely N-dealkylation sites (tertiary alicyclic amines) is 1. The van der Waals surface area contributed by atoms with Crippen molar-refractivity contribution < 1.29 is 9.90 Å². The van der Waals surface area contributed by atoms with Gasteiger partial charge in [0.05, 0.1) is 18.2 Å². The molecule has 0 bridgehead atoms. The van der Waals surface area contributed by atoms with Crippen molar-refractivity contribution in [1.29, 1.82) is 0 Å². The number of benzene rings is 2. The van der Waals surface area contributed by atoms with Crippen molar-refractivity contribution in [2.75, 3.05) is 6.61 Å². The predicted molar refractivity (Wildman–Crippen MR) is 98.0 cm³/mol. The summed E-state index contributed by atoms with van der Waals surface area (Å²) in [7, 11) is 0. The number of hydrogen-bond acceptors (Lipinski definition) is 2. The van der Waals surface area contributed by atoms with Crippen molar-refractivity contribution in [2.45, 2.75) is 50.1 Å². The fourth-order valence-electron chi connectivity index (χ4n) is 4.90. The van der Waals surface area contributed by atoms with E-state index in [0.717, 1.165) is 37.7 Å². The maximum absolute atomic E-state index is 13.1. The van der Waals surface area contributed by atoms with E-state index in [2.05, 4.69) is 24.3 Å². The van der Waals surface area contributed by atoms with Crippen molar-refractivity contribution in [2.24, 2.45) is 0 Å². The molecule has 1 saturated heterocycles. The van der Waals surface area contributed by atoms with E-state index < -0.39 is 0 Å². The number of hydrogen-bond donors (Lipinski definition) is 1. The minimum Gasteiger partial charge on any atom is -0.394 e.